The van der Waals surface area contributed by atoms with E-state index in [0.717, 1.165) is 10.0 Å². The summed E-state index contributed by atoms with van der Waals surface area (Å²) in [5, 5.41) is 9.08. The summed E-state index contributed by atoms with van der Waals surface area (Å²) in [5.74, 6) is -1.02. The van der Waals surface area contributed by atoms with E-state index in [4.69, 9.17) is 5.11 Å². The largest absolute Gasteiger partial charge is 0.481 e. The maximum Gasteiger partial charge on any atom is 0.317 e. The number of aromatic nitrogens is 2. The van der Waals surface area contributed by atoms with Crippen LogP contribution in [0.3, 0.4) is 0 Å². The zero-order valence-electron chi connectivity index (χ0n) is 11.2. The number of halogens is 1. The lowest BCUT2D eigenvalue weighted by Crippen LogP contribution is -2.43. The molecule has 1 aliphatic rings. The normalized spacial score (nSPS) is 20.7. The Morgan fingerprint density at radius 3 is 2.86 bits per heavy atom. The number of H-pyrrole nitrogens is 1. The number of nitrogens with one attached hydrogen (secondary N) is 1. The van der Waals surface area contributed by atoms with Crippen LogP contribution in [0.25, 0.3) is 11.0 Å². The molecule has 1 aromatic carbocycles. The van der Waals surface area contributed by atoms with Crippen molar-refractivity contribution in [1.29, 1.82) is 0 Å². The molecule has 3 rings (SSSR count). The van der Waals surface area contributed by atoms with Gasteiger partial charge in [-0.05, 0) is 30.0 Å². The summed E-state index contributed by atoms with van der Waals surface area (Å²) in [6, 6.07) is 3.13. The third kappa shape index (κ3) is 2.21. The number of hydrogen-bond acceptors (Lipinski definition) is 3. The Morgan fingerprint density at radius 1 is 1.48 bits per heavy atom. The van der Waals surface area contributed by atoms with Crippen molar-refractivity contribution in [3.05, 3.63) is 42.9 Å². The first-order valence-electron chi connectivity index (χ1n) is 6.57. The highest BCUT2D eigenvalue weighted by Gasteiger charge is 2.31. The molecule has 6 nitrogen and oxygen atoms in total. The van der Waals surface area contributed by atoms with Crippen LogP contribution in [0, 0.1) is 5.92 Å². The van der Waals surface area contributed by atoms with E-state index in [1.165, 1.54) is 4.57 Å². The molecule has 1 aromatic heterocycles. The maximum atomic E-state index is 12.2. The number of carboxylic acids is 1. The summed E-state index contributed by atoms with van der Waals surface area (Å²) in [6.45, 7) is 1.90. The predicted octanol–water partition coefficient (Wildman–Crippen LogP) is 1.66. The molecule has 2 N–H and O–H groups in total. The fraction of sp³-hybridized carbons (Fsp3) is 0.357. The van der Waals surface area contributed by atoms with Crippen molar-refractivity contribution in [2.24, 2.45) is 5.92 Å². The van der Waals surface area contributed by atoms with Crippen LogP contribution in [0.2, 0.25) is 0 Å². The Hall–Kier alpha value is -1.89. The van der Waals surface area contributed by atoms with Crippen molar-refractivity contribution < 1.29 is 9.90 Å². The molecule has 0 radical (unpaired) electrons. The van der Waals surface area contributed by atoms with Gasteiger partial charge in [0.15, 0.2) is 0 Å². The van der Waals surface area contributed by atoms with Crippen LogP contribution in [0.1, 0.15) is 24.9 Å². The van der Waals surface area contributed by atoms with Crippen molar-refractivity contribution in [1.82, 2.24) is 9.55 Å². The minimum absolute atomic E-state index is 0.0365. The first kappa shape index (κ1) is 14.1. The number of hydrogen-bond donors (Lipinski definition) is 2. The number of carbonyl (C=O) groups is 1. The van der Waals surface area contributed by atoms with Gasteiger partial charge in [0.25, 0.3) is 0 Å². The van der Waals surface area contributed by atoms with Gasteiger partial charge in [0.2, 0.25) is 0 Å². The van der Waals surface area contributed by atoms with Gasteiger partial charge in [0.05, 0.1) is 23.5 Å². The molecular weight excluding hydrogens is 340 g/mol. The van der Waals surface area contributed by atoms with Crippen LogP contribution in [0.5, 0.6) is 0 Å². The second-order valence-electron chi connectivity index (χ2n) is 5.44. The van der Waals surface area contributed by atoms with Crippen LogP contribution in [0.4, 0.5) is 0 Å². The Kier molecular flexibility index (Phi) is 3.24. The predicted molar refractivity (Wildman–Crippen MR) is 80.7 cm³/mol. The molecule has 0 fully saturated rings. The first-order chi connectivity index (χ1) is 9.88. The van der Waals surface area contributed by atoms with Crippen molar-refractivity contribution in [2.75, 3.05) is 0 Å². The maximum absolute atomic E-state index is 12.2. The molecule has 2 aromatic rings. The topological polar surface area (TPSA) is 92.2 Å². The summed E-state index contributed by atoms with van der Waals surface area (Å²) in [6.07, 6.45) is 0.495. The lowest BCUT2D eigenvalue weighted by atomic mass is 9.87. The summed E-state index contributed by atoms with van der Waals surface area (Å²) in [4.78, 5) is 37.7. The molecule has 0 bridgehead atoms. The zero-order chi connectivity index (χ0) is 15.3. The van der Waals surface area contributed by atoms with Crippen molar-refractivity contribution >= 4 is 32.9 Å². The monoisotopic (exact) mass is 352 g/mol. The third-order valence-electron chi connectivity index (χ3n) is 3.97. The highest BCUT2D eigenvalue weighted by atomic mass is 79.9. The fourth-order valence-electron chi connectivity index (χ4n) is 3.10. The van der Waals surface area contributed by atoms with Gasteiger partial charge in [0.1, 0.15) is 0 Å². The molecule has 2 atom stereocenters. The van der Waals surface area contributed by atoms with Gasteiger partial charge in [0, 0.05) is 4.47 Å². The Labute approximate surface area is 127 Å². The molecule has 0 spiro atoms. The standard InChI is InChI=1S/C14H13BrN2O4/c1-6-2-7-3-8(15)4-9-12(7)17(10(6)5-11(18)19)14(21)13(20)16-9/h3-4,6,10H,2,5H2,1H3,(H,16,20)(H,18,19)/t6-,10-/m1/s1. The summed E-state index contributed by atoms with van der Waals surface area (Å²) in [5.41, 5.74) is 0.695. The zero-order valence-corrected chi connectivity index (χ0v) is 12.8. The van der Waals surface area contributed by atoms with E-state index in [9.17, 15) is 14.4 Å². The van der Waals surface area contributed by atoms with E-state index in [-0.39, 0.29) is 12.3 Å². The van der Waals surface area contributed by atoms with Crippen molar-refractivity contribution in [3.8, 4) is 0 Å². The Balaban J connectivity index is 2.42. The molecule has 0 saturated carbocycles. The smallest absolute Gasteiger partial charge is 0.317 e. The van der Waals surface area contributed by atoms with E-state index >= 15 is 0 Å². The SMILES string of the molecule is C[C@@H]1Cc2cc(Br)cc3[nH]c(=O)c(=O)n(c23)[C@@H]1CC(=O)O. The summed E-state index contributed by atoms with van der Waals surface area (Å²) < 4.78 is 2.17. The molecule has 0 saturated heterocycles. The van der Waals surface area contributed by atoms with Gasteiger partial charge in [-0.25, -0.2) is 0 Å². The van der Waals surface area contributed by atoms with Crippen molar-refractivity contribution in [2.45, 2.75) is 25.8 Å². The molecule has 2 heterocycles. The average Bonchev–Trinajstić information content (AvgIpc) is 2.37. The van der Waals surface area contributed by atoms with E-state index in [2.05, 4.69) is 20.9 Å². The quantitative estimate of drug-likeness (QED) is 0.804. The number of aliphatic carboxylic acids is 1. The number of carboxylic acid groups (broad SMARTS) is 1. The molecule has 0 unspecified atom stereocenters. The highest BCUT2D eigenvalue weighted by molar-refractivity contribution is 9.10. The number of rotatable bonds is 2. The van der Waals surface area contributed by atoms with Crippen molar-refractivity contribution in [3.63, 3.8) is 0 Å². The van der Waals surface area contributed by atoms with Gasteiger partial charge in [-0.1, -0.05) is 22.9 Å². The van der Waals surface area contributed by atoms with E-state index in [1.54, 1.807) is 6.07 Å². The Morgan fingerprint density at radius 2 is 2.19 bits per heavy atom. The van der Waals surface area contributed by atoms with Gasteiger partial charge >= 0.3 is 17.1 Å². The molecule has 110 valence electrons. The third-order valence-corrected chi connectivity index (χ3v) is 4.43. The van der Waals surface area contributed by atoms with Gasteiger partial charge in [-0.2, -0.15) is 0 Å². The van der Waals surface area contributed by atoms with E-state index < -0.39 is 23.1 Å². The van der Waals surface area contributed by atoms with E-state index in [0.29, 0.717) is 17.5 Å². The second kappa shape index (κ2) is 4.84. The lowest BCUT2D eigenvalue weighted by molar-refractivity contribution is -0.138. The van der Waals surface area contributed by atoms with E-state index in [1.807, 2.05) is 13.0 Å². The minimum Gasteiger partial charge on any atom is -0.481 e. The molecular formula is C14H13BrN2O4. The van der Waals surface area contributed by atoms with Gasteiger partial charge in [-0.3, -0.25) is 19.0 Å². The molecule has 21 heavy (non-hydrogen) atoms. The van der Waals surface area contributed by atoms with Crippen LogP contribution in [0.15, 0.2) is 26.2 Å². The molecule has 7 heteroatoms. The fourth-order valence-corrected chi connectivity index (χ4v) is 3.61. The molecule has 0 aliphatic carbocycles. The van der Waals surface area contributed by atoms with Crippen LogP contribution >= 0.6 is 15.9 Å². The van der Waals surface area contributed by atoms with Crippen LogP contribution < -0.4 is 11.1 Å². The molecule has 1 aliphatic heterocycles. The van der Waals surface area contributed by atoms with Crippen LogP contribution in [-0.4, -0.2) is 20.6 Å². The number of nitrogens with zero attached hydrogens (tertiary/aromatic N) is 1. The lowest BCUT2D eigenvalue weighted by Gasteiger charge is -2.32. The number of benzene rings is 1. The highest BCUT2D eigenvalue weighted by Crippen LogP contribution is 2.35. The summed E-state index contributed by atoms with van der Waals surface area (Å²) in [7, 11) is 0. The minimum atomic E-state index is -0.979. The van der Waals surface area contributed by atoms with Gasteiger partial charge < -0.3 is 10.1 Å². The van der Waals surface area contributed by atoms with Crippen LogP contribution in [-0.2, 0) is 11.2 Å². The Bertz CT molecular complexity index is 868. The summed E-state index contributed by atoms with van der Waals surface area (Å²) >= 11 is 3.39. The average molecular weight is 353 g/mol. The molecule has 0 amide bonds. The second-order valence-corrected chi connectivity index (χ2v) is 6.35. The first-order valence-corrected chi connectivity index (χ1v) is 7.36. The van der Waals surface area contributed by atoms with Gasteiger partial charge in [-0.15, -0.1) is 0 Å². The number of aromatic amines is 1.